The highest BCUT2D eigenvalue weighted by Gasteiger charge is 2.20. The van der Waals surface area contributed by atoms with E-state index in [9.17, 15) is 0 Å². The zero-order valence-corrected chi connectivity index (χ0v) is 10.9. The lowest BCUT2D eigenvalue weighted by molar-refractivity contribution is 0.294. The van der Waals surface area contributed by atoms with E-state index in [1.807, 2.05) is 11.3 Å². The minimum atomic E-state index is 0.478. The number of aryl methyl sites for hydroxylation is 1. The summed E-state index contributed by atoms with van der Waals surface area (Å²) in [6, 6.07) is 4.89. The topological polar surface area (TPSA) is 27.1 Å². The molecule has 0 aromatic carbocycles. The van der Waals surface area contributed by atoms with Gasteiger partial charge in [0, 0.05) is 35.2 Å². The Morgan fingerprint density at radius 2 is 2.25 bits per heavy atom. The van der Waals surface area contributed by atoms with E-state index in [0.29, 0.717) is 6.04 Å². The van der Waals surface area contributed by atoms with E-state index in [1.165, 1.54) is 22.6 Å². The van der Waals surface area contributed by atoms with Gasteiger partial charge in [0.05, 0.1) is 5.84 Å². The molecule has 0 bridgehead atoms. The van der Waals surface area contributed by atoms with Crippen LogP contribution >= 0.6 is 11.3 Å². The molecule has 2 heterocycles. The van der Waals surface area contributed by atoms with Gasteiger partial charge in [-0.3, -0.25) is 5.41 Å². The summed E-state index contributed by atoms with van der Waals surface area (Å²) in [5, 5.41) is 7.98. The normalized spacial score (nSPS) is 18.9. The van der Waals surface area contributed by atoms with Gasteiger partial charge >= 0.3 is 0 Å². The molecule has 88 valence electrons. The summed E-state index contributed by atoms with van der Waals surface area (Å²) in [5.41, 5.74) is 0. The van der Waals surface area contributed by atoms with Gasteiger partial charge in [0.1, 0.15) is 0 Å². The largest absolute Gasteiger partial charge is 0.357 e. The summed E-state index contributed by atoms with van der Waals surface area (Å²) in [5.74, 6) is 0.840. The molecule has 1 aliphatic heterocycles. The van der Waals surface area contributed by atoms with Crippen molar-refractivity contribution in [3.05, 3.63) is 21.9 Å². The lowest BCUT2D eigenvalue weighted by atomic mass is 10.1. The number of hydrogen-bond donors (Lipinski definition) is 1. The minimum Gasteiger partial charge on any atom is -0.357 e. The molecular formula is C13H20N2S. The second-order valence-electron chi connectivity index (χ2n) is 4.66. The van der Waals surface area contributed by atoms with E-state index in [-0.39, 0.29) is 0 Å². The number of likely N-dealkylation sites (tertiary alicyclic amines) is 1. The summed E-state index contributed by atoms with van der Waals surface area (Å²) in [7, 11) is 0. The first-order valence-electron chi connectivity index (χ1n) is 6.06. The molecule has 0 aliphatic carbocycles. The summed E-state index contributed by atoms with van der Waals surface area (Å²) < 4.78 is 0. The van der Waals surface area contributed by atoms with Crippen LogP contribution in [0.2, 0.25) is 0 Å². The highest BCUT2D eigenvalue weighted by atomic mass is 32.1. The van der Waals surface area contributed by atoms with Crippen molar-refractivity contribution < 1.29 is 0 Å². The van der Waals surface area contributed by atoms with Crippen LogP contribution < -0.4 is 0 Å². The Kier molecular flexibility index (Phi) is 3.64. The Morgan fingerprint density at radius 1 is 1.44 bits per heavy atom. The molecule has 0 radical (unpaired) electrons. The molecule has 1 aromatic heterocycles. The molecule has 1 aromatic rings. The molecule has 0 spiro atoms. The van der Waals surface area contributed by atoms with Crippen LogP contribution in [-0.4, -0.2) is 23.3 Å². The zero-order chi connectivity index (χ0) is 11.5. The van der Waals surface area contributed by atoms with Gasteiger partial charge in [-0.05, 0) is 38.8 Å². The summed E-state index contributed by atoms with van der Waals surface area (Å²) >= 11 is 1.88. The Hall–Kier alpha value is -0.830. The van der Waals surface area contributed by atoms with E-state index < -0.39 is 0 Å². The van der Waals surface area contributed by atoms with E-state index >= 15 is 0 Å². The van der Waals surface area contributed by atoms with Crippen LogP contribution in [0.5, 0.6) is 0 Å². The zero-order valence-electron chi connectivity index (χ0n) is 10.1. The average molecular weight is 236 g/mol. The van der Waals surface area contributed by atoms with Crippen LogP contribution in [0.3, 0.4) is 0 Å². The number of hydrogen-bond acceptors (Lipinski definition) is 2. The van der Waals surface area contributed by atoms with Gasteiger partial charge < -0.3 is 4.90 Å². The van der Waals surface area contributed by atoms with Crippen LogP contribution in [-0.2, 0) is 6.42 Å². The van der Waals surface area contributed by atoms with Gasteiger partial charge in [-0.15, -0.1) is 11.3 Å². The Labute approximate surface area is 102 Å². The van der Waals surface area contributed by atoms with Crippen molar-refractivity contribution in [2.45, 2.75) is 45.6 Å². The van der Waals surface area contributed by atoms with E-state index in [0.717, 1.165) is 25.2 Å². The Balaban J connectivity index is 1.96. The van der Waals surface area contributed by atoms with Crippen molar-refractivity contribution in [2.75, 3.05) is 6.54 Å². The summed E-state index contributed by atoms with van der Waals surface area (Å²) in [4.78, 5) is 5.11. The molecule has 1 atom stereocenters. The van der Waals surface area contributed by atoms with Crippen molar-refractivity contribution in [2.24, 2.45) is 0 Å². The number of thiophene rings is 1. The fourth-order valence-corrected chi connectivity index (χ4v) is 3.35. The van der Waals surface area contributed by atoms with Crippen LogP contribution in [0, 0.1) is 12.3 Å². The van der Waals surface area contributed by atoms with Crippen LogP contribution in [0.4, 0.5) is 0 Å². The quantitative estimate of drug-likeness (QED) is 0.855. The second kappa shape index (κ2) is 5.00. The number of rotatable bonds is 3. The Morgan fingerprint density at radius 3 is 2.88 bits per heavy atom. The van der Waals surface area contributed by atoms with Crippen LogP contribution in [0.25, 0.3) is 0 Å². The molecule has 16 heavy (non-hydrogen) atoms. The molecular weight excluding hydrogens is 216 g/mol. The standard InChI is InChI=1S/C13H20N2S/c1-10(9-12-7-6-11(2)16-12)15-8-4-3-5-13(15)14/h6-7,10,14H,3-5,8-9H2,1-2H3. The predicted molar refractivity (Wildman–Crippen MR) is 70.5 cm³/mol. The highest BCUT2D eigenvalue weighted by Crippen LogP contribution is 2.21. The van der Waals surface area contributed by atoms with E-state index in [1.54, 1.807) is 0 Å². The number of piperidine rings is 1. The average Bonchev–Trinajstić information content (AvgIpc) is 2.64. The van der Waals surface area contributed by atoms with Crippen LogP contribution in [0.1, 0.15) is 35.9 Å². The van der Waals surface area contributed by atoms with Gasteiger partial charge in [0.15, 0.2) is 0 Å². The molecule has 1 fully saturated rings. The highest BCUT2D eigenvalue weighted by molar-refractivity contribution is 7.11. The lowest BCUT2D eigenvalue weighted by Crippen LogP contribution is -2.42. The third-order valence-corrected chi connectivity index (χ3v) is 4.26. The molecule has 0 saturated carbocycles. The van der Waals surface area contributed by atoms with Gasteiger partial charge in [-0.25, -0.2) is 0 Å². The minimum absolute atomic E-state index is 0.478. The maximum atomic E-state index is 7.98. The van der Waals surface area contributed by atoms with Crippen LogP contribution in [0.15, 0.2) is 12.1 Å². The van der Waals surface area contributed by atoms with Crippen molar-refractivity contribution in [1.29, 1.82) is 5.41 Å². The summed E-state index contributed by atoms with van der Waals surface area (Å²) in [6.45, 7) is 5.47. The summed E-state index contributed by atoms with van der Waals surface area (Å²) in [6.07, 6.45) is 4.49. The van der Waals surface area contributed by atoms with Crippen molar-refractivity contribution in [3.63, 3.8) is 0 Å². The van der Waals surface area contributed by atoms with Crippen molar-refractivity contribution >= 4 is 17.2 Å². The monoisotopic (exact) mass is 236 g/mol. The molecule has 1 saturated heterocycles. The second-order valence-corrected chi connectivity index (χ2v) is 6.04. The predicted octanol–water partition coefficient (Wildman–Crippen LogP) is 3.45. The fourth-order valence-electron chi connectivity index (χ4n) is 2.34. The molecule has 2 nitrogen and oxygen atoms in total. The lowest BCUT2D eigenvalue weighted by Gasteiger charge is -2.34. The number of nitrogens with zero attached hydrogens (tertiary/aromatic N) is 1. The third-order valence-electron chi connectivity index (χ3n) is 3.23. The molecule has 1 N–H and O–H groups in total. The SMILES string of the molecule is Cc1ccc(CC(C)N2CCCCC2=N)s1. The first-order valence-corrected chi connectivity index (χ1v) is 6.88. The number of nitrogens with one attached hydrogen (secondary N) is 1. The van der Waals surface area contributed by atoms with Gasteiger partial charge in [-0.1, -0.05) is 0 Å². The Bertz CT molecular complexity index is 370. The molecule has 3 heteroatoms. The smallest absolute Gasteiger partial charge is 0.0960 e. The molecule has 1 aliphatic rings. The molecule has 2 rings (SSSR count). The van der Waals surface area contributed by atoms with Crippen molar-refractivity contribution in [3.8, 4) is 0 Å². The molecule has 0 amide bonds. The van der Waals surface area contributed by atoms with E-state index in [2.05, 4.69) is 30.9 Å². The van der Waals surface area contributed by atoms with E-state index in [4.69, 9.17) is 5.41 Å². The first kappa shape index (κ1) is 11.6. The van der Waals surface area contributed by atoms with Gasteiger partial charge in [0.2, 0.25) is 0 Å². The van der Waals surface area contributed by atoms with Crippen molar-refractivity contribution in [1.82, 2.24) is 4.90 Å². The van der Waals surface area contributed by atoms with Gasteiger partial charge in [-0.2, -0.15) is 0 Å². The number of amidine groups is 1. The molecule has 1 unspecified atom stereocenters. The first-order chi connectivity index (χ1) is 7.66. The van der Waals surface area contributed by atoms with Gasteiger partial charge in [0.25, 0.3) is 0 Å². The third kappa shape index (κ3) is 2.64. The maximum Gasteiger partial charge on any atom is 0.0960 e. The maximum absolute atomic E-state index is 7.98. The fraction of sp³-hybridized carbons (Fsp3) is 0.615.